The smallest absolute Gasteiger partial charge is 0.328 e. The van der Waals surface area contributed by atoms with E-state index in [4.69, 9.17) is 4.74 Å². The number of aromatic hydroxyl groups is 2. The van der Waals surface area contributed by atoms with Gasteiger partial charge in [0.05, 0.1) is 7.11 Å². The summed E-state index contributed by atoms with van der Waals surface area (Å²) in [5, 5.41) is 21.8. The molecule has 0 radical (unpaired) electrons. The monoisotopic (exact) mass is 378 g/mol. The van der Waals surface area contributed by atoms with Gasteiger partial charge in [-0.15, -0.1) is 0 Å². The van der Waals surface area contributed by atoms with Gasteiger partial charge in [-0.25, -0.2) is 4.79 Å². The van der Waals surface area contributed by atoms with E-state index >= 15 is 0 Å². The number of amides is 1. The fraction of sp³-hybridized carbons (Fsp3) is 0.600. The van der Waals surface area contributed by atoms with Crippen LogP contribution in [0, 0.1) is 11.8 Å². The number of likely N-dealkylation sites (tertiary alicyclic amines) is 1. The molecule has 0 spiro atoms. The second kappa shape index (κ2) is 9.60. The minimum absolute atomic E-state index is 0.0898. The van der Waals surface area contributed by atoms with Crippen molar-refractivity contribution < 1.29 is 24.5 Å². The number of carbonyl (C=O) groups is 2. The average molecular weight is 378 g/mol. The van der Waals surface area contributed by atoms with E-state index in [1.165, 1.54) is 13.2 Å². The van der Waals surface area contributed by atoms with E-state index in [0.717, 1.165) is 18.7 Å². The molecule has 1 aliphatic heterocycles. The van der Waals surface area contributed by atoms with Crippen molar-refractivity contribution in [2.75, 3.05) is 20.2 Å². The van der Waals surface area contributed by atoms with Gasteiger partial charge in [-0.3, -0.25) is 9.69 Å². The molecule has 2 rings (SSSR count). The first-order chi connectivity index (χ1) is 12.8. The summed E-state index contributed by atoms with van der Waals surface area (Å²) >= 11 is 0. The second-order valence-corrected chi connectivity index (χ2v) is 7.59. The van der Waals surface area contributed by atoms with Crippen LogP contribution in [0.3, 0.4) is 0 Å². The summed E-state index contributed by atoms with van der Waals surface area (Å²) in [5.74, 6) is -0.585. The molecule has 1 aliphatic rings. The van der Waals surface area contributed by atoms with Gasteiger partial charge in [0.15, 0.2) is 11.5 Å². The number of hydrogen-bond donors (Lipinski definition) is 3. The Bertz CT molecular complexity index is 654. The highest BCUT2D eigenvalue weighted by molar-refractivity contribution is 5.85. The fourth-order valence-electron chi connectivity index (χ4n) is 3.40. The van der Waals surface area contributed by atoms with Crippen molar-refractivity contribution in [2.45, 2.75) is 45.7 Å². The lowest BCUT2D eigenvalue weighted by Crippen LogP contribution is -2.47. The minimum atomic E-state index is -0.597. The lowest BCUT2D eigenvalue weighted by Gasteiger charge is -2.32. The summed E-state index contributed by atoms with van der Waals surface area (Å²) in [6, 6.07) is 4.22. The third-order valence-corrected chi connectivity index (χ3v) is 4.91. The SMILES string of the molecule is COC(=O)C(CC(C)C)NC(=O)C1CCN(Cc2ccc(O)c(O)c2)CC1. The van der Waals surface area contributed by atoms with Crippen molar-refractivity contribution in [3.63, 3.8) is 0 Å². The number of ether oxygens (including phenoxy) is 1. The lowest BCUT2D eigenvalue weighted by molar-refractivity contribution is -0.146. The fourth-order valence-corrected chi connectivity index (χ4v) is 3.40. The first kappa shape index (κ1) is 21.0. The Labute approximate surface area is 160 Å². The van der Waals surface area contributed by atoms with E-state index < -0.39 is 12.0 Å². The van der Waals surface area contributed by atoms with E-state index in [-0.39, 0.29) is 29.2 Å². The van der Waals surface area contributed by atoms with Crippen LogP contribution in [-0.4, -0.2) is 53.2 Å². The van der Waals surface area contributed by atoms with Crippen molar-refractivity contribution in [1.29, 1.82) is 0 Å². The number of carbonyl (C=O) groups excluding carboxylic acids is 2. The topological polar surface area (TPSA) is 99.1 Å². The summed E-state index contributed by atoms with van der Waals surface area (Å²) in [6.07, 6.45) is 1.98. The van der Waals surface area contributed by atoms with Gasteiger partial charge >= 0.3 is 5.97 Å². The van der Waals surface area contributed by atoms with Crippen molar-refractivity contribution in [3.8, 4) is 11.5 Å². The van der Waals surface area contributed by atoms with E-state index in [1.807, 2.05) is 13.8 Å². The van der Waals surface area contributed by atoms with Gasteiger partial charge in [-0.05, 0) is 56.0 Å². The third kappa shape index (κ3) is 6.13. The van der Waals surface area contributed by atoms with Crippen LogP contribution >= 0.6 is 0 Å². The van der Waals surface area contributed by atoms with Crippen LogP contribution in [0.15, 0.2) is 18.2 Å². The van der Waals surface area contributed by atoms with Crippen LogP contribution in [0.25, 0.3) is 0 Å². The van der Waals surface area contributed by atoms with Crippen molar-refractivity contribution in [2.24, 2.45) is 11.8 Å². The zero-order valence-corrected chi connectivity index (χ0v) is 16.3. The Morgan fingerprint density at radius 3 is 2.44 bits per heavy atom. The molecule has 3 N–H and O–H groups in total. The van der Waals surface area contributed by atoms with Crippen LogP contribution in [0.2, 0.25) is 0 Å². The Kier molecular flexibility index (Phi) is 7.47. The molecule has 0 saturated carbocycles. The summed E-state index contributed by atoms with van der Waals surface area (Å²) in [7, 11) is 1.33. The van der Waals surface area contributed by atoms with Crippen LogP contribution in [0.1, 0.15) is 38.7 Å². The summed E-state index contributed by atoms with van der Waals surface area (Å²) in [6.45, 7) is 6.17. The number of nitrogens with one attached hydrogen (secondary N) is 1. The van der Waals surface area contributed by atoms with Crippen LogP contribution in [0.5, 0.6) is 11.5 Å². The number of phenolic OH excluding ortho intramolecular Hbond substituents is 2. The van der Waals surface area contributed by atoms with E-state index in [0.29, 0.717) is 25.8 Å². The molecule has 7 heteroatoms. The Morgan fingerprint density at radius 1 is 1.22 bits per heavy atom. The van der Waals surface area contributed by atoms with Gasteiger partial charge < -0.3 is 20.3 Å². The first-order valence-corrected chi connectivity index (χ1v) is 9.41. The molecule has 7 nitrogen and oxygen atoms in total. The van der Waals surface area contributed by atoms with Gasteiger partial charge in [-0.1, -0.05) is 19.9 Å². The highest BCUT2D eigenvalue weighted by atomic mass is 16.5. The predicted octanol–water partition coefficient (Wildman–Crippen LogP) is 2.01. The molecule has 0 aromatic heterocycles. The number of nitrogens with zero attached hydrogens (tertiary/aromatic N) is 1. The molecule has 1 unspecified atom stereocenters. The largest absolute Gasteiger partial charge is 0.504 e. The normalized spacial score (nSPS) is 16.9. The molecular formula is C20H30N2O5. The molecule has 1 fully saturated rings. The molecule has 1 atom stereocenters. The average Bonchev–Trinajstić information content (AvgIpc) is 2.63. The van der Waals surface area contributed by atoms with Crippen molar-refractivity contribution in [3.05, 3.63) is 23.8 Å². The van der Waals surface area contributed by atoms with E-state index in [1.54, 1.807) is 12.1 Å². The maximum atomic E-state index is 12.6. The number of esters is 1. The van der Waals surface area contributed by atoms with E-state index in [2.05, 4.69) is 10.2 Å². The zero-order chi connectivity index (χ0) is 20.0. The Morgan fingerprint density at radius 2 is 1.89 bits per heavy atom. The standard InChI is InChI=1S/C20H30N2O5/c1-13(2)10-16(20(26)27-3)21-19(25)15-6-8-22(9-7-15)12-14-4-5-17(23)18(24)11-14/h4-5,11,13,15-16,23-24H,6-10,12H2,1-3H3,(H,21,25). The molecule has 1 amide bonds. The van der Waals surface area contributed by atoms with Crippen molar-refractivity contribution >= 4 is 11.9 Å². The number of benzene rings is 1. The van der Waals surface area contributed by atoms with Crippen LogP contribution in [0.4, 0.5) is 0 Å². The van der Waals surface area contributed by atoms with Crippen LogP contribution < -0.4 is 5.32 Å². The minimum Gasteiger partial charge on any atom is -0.504 e. The maximum absolute atomic E-state index is 12.6. The first-order valence-electron chi connectivity index (χ1n) is 9.41. The number of methoxy groups -OCH3 is 1. The number of rotatable bonds is 7. The molecule has 1 heterocycles. The predicted molar refractivity (Wildman–Crippen MR) is 101 cm³/mol. The third-order valence-electron chi connectivity index (χ3n) is 4.91. The summed E-state index contributed by atoms with van der Waals surface area (Å²) < 4.78 is 4.80. The van der Waals surface area contributed by atoms with Gasteiger partial charge in [0, 0.05) is 12.5 Å². The van der Waals surface area contributed by atoms with Crippen LogP contribution in [-0.2, 0) is 20.9 Å². The van der Waals surface area contributed by atoms with E-state index in [9.17, 15) is 19.8 Å². The molecular weight excluding hydrogens is 348 g/mol. The van der Waals surface area contributed by atoms with Gasteiger partial charge in [-0.2, -0.15) is 0 Å². The number of phenols is 2. The molecule has 0 aliphatic carbocycles. The summed E-state index contributed by atoms with van der Waals surface area (Å²) in [4.78, 5) is 26.7. The maximum Gasteiger partial charge on any atom is 0.328 e. The van der Waals surface area contributed by atoms with Crippen molar-refractivity contribution in [1.82, 2.24) is 10.2 Å². The van der Waals surface area contributed by atoms with Gasteiger partial charge in [0.25, 0.3) is 0 Å². The number of piperidine rings is 1. The number of hydrogen-bond acceptors (Lipinski definition) is 6. The zero-order valence-electron chi connectivity index (χ0n) is 16.3. The second-order valence-electron chi connectivity index (χ2n) is 7.59. The molecule has 150 valence electrons. The Balaban J connectivity index is 1.85. The summed E-state index contributed by atoms with van der Waals surface area (Å²) in [5.41, 5.74) is 0.913. The highest BCUT2D eigenvalue weighted by Gasteiger charge is 2.29. The highest BCUT2D eigenvalue weighted by Crippen LogP contribution is 2.26. The molecule has 1 saturated heterocycles. The Hall–Kier alpha value is -2.28. The molecule has 27 heavy (non-hydrogen) atoms. The molecule has 1 aromatic rings. The molecule has 1 aromatic carbocycles. The molecule has 0 bridgehead atoms. The lowest BCUT2D eigenvalue weighted by atomic mass is 9.94. The van der Waals surface area contributed by atoms with Gasteiger partial charge in [0.1, 0.15) is 6.04 Å². The van der Waals surface area contributed by atoms with Gasteiger partial charge in [0.2, 0.25) is 5.91 Å². The quantitative estimate of drug-likeness (QED) is 0.496.